The van der Waals surface area contributed by atoms with Crippen LogP contribution in [-0.2, 0) is 16.0 Å². The number of hydrogen-bond donors (Lipinski definition) is 0. The number of aryl methyl sites for hydroxylation is 1. The lowest BCUT2D eigenvalue weighted by atomic mass is 10.00. The Morgan fingerprint density at radius 2 is 1.56 bits per heavy atom. The minimum absolute atomic E-state index is 0.212. The number of benzene rings is 2. The molecule has 0 aliphatic rings. The van der Waals surface area contributed by atoms with Gasteiger partial charge in [0.15, 0.2) is 6.10 Å². The lowest BCUT2D eigenvalue weighted by molar-refractivity contribution is -0.147. The van der Waals surface area contributed by atoms with Gasteiger partial charge in [-0.05, 0) is 17.9 Å². The molecule has 3 nitrogen and oxygen atoms in total. The van der Waals surface area contributed by atoms with Gasteiger partial charge in [-0.25, -0.2) is 0 Å². The van der Waals surface area contributed by atoms with Gasteiger partial charge >= 0.3 is 5.97 Å². The number of hydrogen-bond acceptors (Lipinski definition) is 4. The van der Waals surface area contributed by atoms with Crippen LogP contribution in [0.25, 0.3) is 0 Å². The molecule has 0 amide bonds. The van der Waals surface area contributed by atoms with Crippen LogP contribution in [0.2, 0.25) is 0 Å². The second-order valence-electron chi connectivity index (χ2n) is 5.59. The first-order valence-electron chi connectivity index (χ1n) is 8.10. The quantitative estimate of drug-likeness (QED) is 0.452. The molecule has 0 saturated carbocycles. The molecule has 3 rings (SSSR count). The molecule has 0 aliphatic carbocycles. The van der Waals surface area contributed by atoms with Crippen molar-refractivity contribution in [3.8, 4) is 0 Å². The van der Waals surface area contributed by atoms with Crippen LogP contribution in [0.5, 0.6) is 0 Å². The van der Waals surface area contributed by atoms with Crippen molar-refractivity contribution in [3.05, 3.63) is 94.2 Å². The average Bonchev–Trinajstić information content (AvgIpc) is 3.19. The Morgan fingerprint density at radius 3 is 2.20 bits per heavy atom. The second kappa shape index (κ2) is 8.40. The molecule has 1 atom stereocenters. The Labute approximate surface area is 150 Å². The summed E-state index contributed by atoms with van der Waals surface area (Å²) in [4.78, 5) is 26.3. The minimum Gasteiger partial charge on any atom is -0.449 e. The summed E-state index contributed by atoms with van der Waals surface area (Å²) in [6.45, 7) is 0. The zero-order valence-electron chi connectivity index (χ0n) is 13.6. The Balaban J connectivity index is 1.75. The monoisotopic (exact) mass is 350 g/mol. The number of carbonyl (C=O) groups excluding carboxylic acids is 2. The number of ether oxygens (including phenoxy) is 1. The second-order valence-corrected chi connectivity index (χ2v) is 6.62. The SMILES string of the molecule is O=C(CCc1cccs1)OC(C(=O)c1ccccc1)c1ccccc1. The molecule has 1 heterocycles. The van der Waals surface area contributed by atoms with E-state index in [1.54, 1.807) is 47.7 Å². The number of esters is 1. The van der Waals surface area contributed by atoms with Crippen molar-refractivity contribution in [3.63, 3.8) is 0 Å². The first-order chi connectivity index (χ1) is 12.2. The van der Waals surface area contributed by atoms with E-state index in [2.05, 4.69) is 0 Å². The number of thiophene rings is 1. The van der Waals surface area contributed by atoms with Gasteiger partial charge in [-0.3, -0.25) is 9.59 Å². The molecular weight excluding hydrogens is 332 g/mol. The molecule has 0 radical (unpaired) electrons. The van der Waals surface area contributed by atoms with E-state index in [0.717, 1.165) is 4.88 Å². The first-order valence-corrected chi connectivity index (χ1v) is 8.98. The molecule has 0 bridgehead atoms. The summed E-state index contributed by atoms with van der Waals surface area (Å²) in [6.07, 6.45) is -0.0388. The van der Waals surface area contributed by atoms with E-state index in [1.165, 1.54) is 0 Å². The lowest BCUT2D eigenvalue weighted by Crippen LogP contribution is -2.20. The van der Waals surface area contributed by atoms with Crippen molar-refractivity contribution in [2.75, 3.05) is 0 Å². The van der Waals surface area contributed by atoms with Gasteiger partial charge in [0, 0.05) is 16.0 Å². The molecule has 0 fully saturated rings. The molecule has 1 unspecified atom stereocenters. The summed E-state index contributed by atoms with van der Waals surface area (Å²) in [7, 11) is 0. The number of rotatable bonds is 7. The van der Waals surface area contributed by atoms with Crippen LogP contribution in [0.3, 0.4) is 0 Å². The number of carbonyl (C=O) groups is 2. The van der Waals surface area contributed by atoms with Gasteiger partial charge in [-0.1, -0.05) is 66.7 Å². The highest BCUT2D eigenvalue weighted by Gasteiger charge is 2.25. The van der Waals surface area contributed by atoms with Gasteiger partial charge < -0.3 is 4.74 Å². The number of ketones is 1. The molecule has 4 heteroatoms. The van der Waals surface area contributed by atoms with Gasteiger partial charge in [-0.15, -0.1) is 11.3 Å². The van der Waals surface area contributed by atoms with Crippen molar-refractivity contribution >= 4 is 23.1 Å². The molecule has 2 aromatic carbocycles. The molecule has 3 aromatic rings. The highest BCUT2D eigenvalue weighted by Crippen LogP contribution is 2.23. The summed E-state index contributed by atoms with van der Waals surface area (Å²) in [6, 6.07) is 22.0. The fourth-order valence-corrected chi connectivity index (χ4v) is 3.23. The molecule has 1 aromatic heterocycles. The maximum Gasteiger partial charge on any atom is 0.307 e. The van der Waals surface area contributed by atoms with E-state index in [4.69, 9.17) is 4.74 Å². The summed E-state index contributed by atoms with van der Waals surface area (Å²) < 4.78 is 5.57. The zero-order valence-corrected chi connectivity index (χ0v) is 14.4. The van der Waals surface area contributed by atoms with Crippen LogP contribution in [-0.4, -0.2) is 11.8 Å². The van der Waals surface area contributed by atoms with Gasteiger partial charge in [0.2, 0.25) is 5.78 Å². The zero-order chi connectivity index (χ0) is 17.5. The molecule has 126 valence electrons. The molecule has 0 saturated heterocycles. The standard InChI is InChI=1S/C21H18O3S/c22-19(14-13-18-12-7-15-25-18)24-21(17-10-5-2-6-11-17)20(23)16-8-3-1-4-9-16/h1-12,15,21H,13-14H2. The summed E-state index contributed by atoms with van der Waals surface area (Å²) in [5, 5.41) is 1.98. The topological polar surface area (TPSA) is 43.4 Å². The largest absolute Gasteiger partial charge is 0.449 e. The fraction of sp³-hybridized carbons (Fsp3) is 0.143. The maximum atomic E-state index is 12.8. The van der Waals surface area contributed by atoms with Gasteiger partial charge in [-0.2, -0.15) is 0 Å². The van der Waals surface area contributed by atoms with Crippen LogP contribution < -0.4 is 0 Å². The van der Waals surface area contributed by atoms with E-state index in [-0.39, 0.29) is 18.2 Å². The van der Waals surface area contributed by atoms with Crippen molar-refractivity contribution in [1.82, 2.24) is 0 Å². The highest BCUT2D eigenvalue weighted by molar-refractivity contribution is 7.09. The Bertz CT molecular complexity index is 811. The minimum atomic E-state index is -0.917. The predicted octanol–water partition coefficient (Wildman–Crippen LogP) is 4.85. The molecule has 0 aliphatic heterocycles. The first kappa shape index (κ1) is 17.1. The van der Waals surface area contributed by atoms with Crippen molar-refractivity contribution < 1.29 is 14.3 Å². The maximum absolute atomic E-state index is 12.8. The summed E-state index contributed by atoms with van der Waals surface area (Å²) in [5.74, 6) is -0.581. The molecular formula is C21H18O3S. The van der Waals surface area contributed by atoms with E-state index in [1.807, 2.05) is 41.8 Å². The van der Waals surface area contributed by atoms with Crippen LogP contribution in [0.4, 0.5) is 0 Å². The van der Waals surface area contributed by atoms with Crippen molar-refractivity contribution in [1.29, 1.82) is 0 Å². The van der Waals surface area contributed by atoms with Crippen LogP contribution >= 0.6 is 11.3 Å². The highest BCUT2D eigenvalue weighted by atomic mass is 32.1. The third-order valence-corrected chi connectivity index (χ3v) is 4.74. The van der Waals surface area contributed by atoms with Gasteiger partial charge in [0.25, 0.3) is 0 Å². The Hall–Kier alpha value is -2.72. The third-order valence-electron chi connectivity index (χ3n) is 3.80. The van der Waals surface area contributed by atoms with E-state index < -0.39 is 6.10 Å². The van der Waals surface area contributed by atoms with Crippen molar-refractivity contribution in [2.24, 2.45) is 0 Å². The number of Topliss-reactive ketones (excluding diaryl/α,β-unsaturated/α-hetero) is 1. The molecule has 25 heavy (non-hydrogen) atoms. The smallest absolute Gasteiger partial charge is 0.307 e. The Kier molecular flexibility index (Phi) is 5.75. The third kappa shape index (κ3) is 4.64. The average molecular weight is 350 g/mol. The van der Waals surface area contributed by atoms with Crippen LogP contribution in [0.15, 0.2) is 78.2 Å². The van der Waals surface area contributed by atoms with Gasteiger partial charge in [0.05, 0.1) is 6.42 Å². The Morgan fingerprint density at radius 1 is 0.880 bits per heavy atom. The van der Waals surface area contributed by atoms with Crippen molar-refractivity contribution in [2.45, 2.75) is 18.9 Å². The summed E-state index contributed by atoms with van der Waals surface area (Å²) >= 11 is 1.61. The molecule has 0 spiro atoms. The predicted molar refractivity (Wildman–Crippen MR) is 98.7 cm³/mol. The summed E-state index contributed by atoms with van der Waals surface area (Å²) in [5.41, 5.74) is 1.21. The fourth-order valence-electron chi connectivity index (χ4n) is 2.53. The normalized spacial score (nSPS) is 11.7. The van der Waals surface area contributed by atoms with E-state index in [0.29, 0.717) is 17.5 Å². The van der Waals surface area contributed by atoms with Crippen LogP contribution in [0.1, 0.15) is 33.3 Å². The van der Waals surface area contributed by atoms with Crippen LogP contribution in [0, 0.1) is 0 Å². The lowest BCUT2D eigenvalue weighted by Gasteiger charge is -2.17. The molecule has 0 N–H and O–H groups in total. The van der Waals surface area contributed by atoms with E-state index >= 15 is 0 Å². The van der Waals surface area contributed by atoms with E-state index in [9.17, 15) is 9.59 Å². The van der Waals surface area contributed by atoms with Gasteiger partial charge in [0.1, 0.15) is 0 Å².